The molecule has 1 aromatic heterocycles. The van der Waals surface area contributed by atoms with Gasteiger partial charge in [-0.25, -0.2) is 10.8 Å². The monoisotopic (exact) mass is 300 g/mol. The number of rotatable bonds is 6. The molecule has 0 bridgehead atoms. The van der Waals surface area contributed by atoms with Gasteiger partial charge in [-0.3, -0.25) is 0 Å². The molecular weight excluding hydrogens is 283 g/mol. The Kier molecular flexibility index (Phi) is 3.74. The van der Waals surface area contributed by atoms with Gasteiger partial charge in [0.1, 0.15) is 5.82 Å². The summed E-state index contributed by atoms with van der Waals surface area (Å²) in [5, 5.41) is 4.33. The highest BCUT2D eigenvalue weighted by atomic mass is 35.5. The maximum atomic E-state index is 6.15. The molecule has 2 aliphatic carbocycles. The van der Waals surface area contributed by atoms with E-state index in [0.29, 0.717) is 21.7 Å². The van der Waals surface area contributed by atoms with Gasteiger partial charge in [0.05, 0.1) is 10.0 Å². The third kappa shape index (κ3) is 3.07. The first-order valence-corrected chi connectivity index (χ1v) is 7.51. The predicted molar refractivity (Wildman–Crippen MR) is 79.5 cm³/mol. The predicted octanol–water partition coefficient (Wildman–Crippen LogP) is 3.52. The van der Waals surface area contributed by atoms with Gasteiger partial charge in [-0.1, -0.05) is 23.2 Å². The zero-order chi connectivity index (χ0) is 13.4. The van der Waals surface area contributed by atoms with Crippen LogP contribution in [0.5, 0.6) is 0 Å². The summed E-state index contributed by atoms with van der Waals surface area (Å²) in [4.78, 5) is 4.31. The van der Waals surface area contributed by atoms with E-state index in [9.17, 15) is 0 Å². The van der Waals surface area contributed by atoms with E-state index in [4.69, 9.17) is 29.0 Å². The van der Waals surface area contributed by atoms with Crippen molar-refractivity contribution < 1.29 is 0 Å². The van der Waals surface area contributed by atoms with Crippen LogP contribution in [0.1, 0.15) is 25.7 Å². The molecule has 4 nitrogen and oxygen atoms in total. The average Bonchev–Trinajstić information content (AvgIpc) is 3.26. The summed E-state index contributed by atoms with van der Waals surface area (Å²) >= 11 is 12.1. The highest BCUT2D eigenvalue weighted by Crippen LogP contribution is 2.49. The number of nitrogens with one attached hydrogen (secondary N) is 2. The van der Waals surface area contributed by atoms with Gasteiger partial charge < -0.3 is 10.7 Å². The molecule has 6 heteroatoms. The van der Waals surface area contributed by atoms with Crippen molar-refractivity contribution in [1.82, 2.24) is 4.98 Å². The van der Waals surface area contributed by atoms with E-state index >= 15 is 0 Å². The van der Waals surface area contributed by atoms with Crippen molar-refractivity contribution in [2.24, 2.45) is 23.6 Å². The lowest BCUT2D eigenvalue weighted by Crippen LogP contribution is -2.19. The molecule has 0 radical (unpaired) electrons. The third-order valence-corrected chi connectivity index (χ3v) is 4.60. The molecule has 4 N–H and O–H groups in total. The van der Waals surface area contributed by atoms with Crippen LogP contribution < -0.4 is 16.6 Å². The van der Waals surface area contributed by atoms with E-state index in [-0.39, 0.29) is 0 Å². The van der Waals surface area contributed by atoms with Crippen LogP contribution in [-0.2, 0) is 0 Å². The Hall–Kier alpha value is -0.710. The van der Waals surface area contributed by atoms with Crippen LogP contribution in [0.2, 0.25) is 10.0 Å². The number of nitrogen functional groups attached to an aromatic ring is 1. The van der Waals surface area contributed by atoms with Crippen LogP contribution in [0.25, 0.3) is 0 Å². The summed E-state index contributed by atoms with van der Waals surface area (Å²) in [6, 6.07) is 1.66. The summed E-state index contributed by atoms with van der Waals surface area (Å²) < 4.78 is 0. The van der Waals surface area contributed by atoms with Crippen molar-refractivity contribution in [3.05, 3.63) is 16.1 Å². The van der Waals surface area contributed by atoms with Crippen molar-refractivity contribution in [2.75, 3.05) is 17.3 Å². The lowest BCUT2D eigenvalue weighted by Gasteiger charge is -2.17. The maximum Gasteiger partial charge on any atom is 0.161 e. The van der Waals surface area contributed by atoms with E-state index < -0.39 is 0 Å². The second kappa shape index (κ2) is 5.35. The zero-order valence-corrected chi connectivity index (χ0v) is 12.1. The molecule has 0 unspecified atom stereocenters. The molecule has 1 heterocycles. The number of halogens is 2. The minimum Gasteiger partial charge on any atom is -0.368 e. The summed E-state index contributed by atoms with van der Waals surface area (Å²) in [7, 11) is 0. The molecule has 1 aromatic rings. The van der Waals surface area contributed by atoms with Crippen LogP contribution in [0, 0.1) is 17.8 Å². The molecule has 0 amide bonds. The number of hydrogen-bond donors (Lipinski definition) is 3. The first-order chi connectivity index (χ1) is 9.19. The number of anilines is 2. The molecule has 0 aromatic carbocycles. The number of nitrogens with zero attached hydrogens (tertiary/aromatic N) is 1. The van der Waals surface area contributed by atoms with Crippen molar-refractivity contribution in [3.63, 3.8) is 0 Å². The summed E-state index contributed by atoms with van der Waals surface area (Å²) in [6.45, 7) is 0.938. The first-order valence-electron chi connectivity index (χ1n) is 6.75. The second-order valence-corrected chi connectivity index (χ2v) is 6.33. The highest BCUT2D eigenvalue weighted by Gasteiger charge is 2.41. The van der Waals surface area contributed by atoms with Gasteiger partial charge in [0.25, 0.3) is 0 Å². The Morgan fingerprint density at radius 2 is 1.74 bits per heavy atom. The number of nitrogens with two attached hydrogens (primary N) is 1. The van der Waals surface area contributed by atoms with Gasteiger partial charge in [0.15, 0.2) is 5.82 Å². The molecule has 0 saturated heterocycles. The smallest absolute Gasteiger partial charge is 0.161 e. The van der Waals surface area contributed by atoms with E-state index in [0.717, 1.165) is 24.3 Å². The summed E-state index contributed by atoms with van der Waals surface area (Å²) in [5.41, 5.74) is 2.48. The molecule has 2 saturated carbocycles. The van der Waals surface area contributed by atoms with Gasteiger partial charge >= 0.3 is 0 Å². The standard InChI is InChI=1S/C13H18Cl2N4/c14-10-5-11(15)13(19-16)18-12(10)17-6-9(7-1-2-7)8-3-4-8/h5,7-9H,1-4,6,16H2,(H2,17,18,19). The molecule has 2 fully saturated rings. The molecule has 3 rings (SSSR count). The van der Waals surface area contributed by atoms with Crippen LogP contribution in [-0.4, -0.2) is 11.5 Å². The zero-order valence-electron chi connectivity index (χ0n) is 10.6. The third-order valence-electron chi connectivity index (χ3n) is 4.03. The van der Waals surface area contributed by atoms with Gasteiger partial charge in [-0.15, -0.1) is 0 Å². The van der Waals surface area contributed by atoms with Crippen molar-refractivity contribution >= 4 is 34.8 Å². The second-order valence-electron chi connectivity index (χ2n) is 5.51. The first kappa shape index (κ1) is 13.3. The summed E-state index contributed by atoms with van der Waals surface area (Å²) in [6.07, 6.45) is 5.50. The highest BCUT2D eigenvalue weighted by molar-refractivity contribution is 6.37. The Bertz CT molecular complexity index is 460. The Balaban J connectivity index is 1.68. The quantitative estimate of drug-likeness (QED) is 0.555. The Morgan fingerprint density at radius 1 is 1.16 bits per heavy atom. The van der Waals surface area contributed by atoms with Crippen LogP contribution in [0.15, 0.2) is 6.07 Å². The summed E-state index contributed by atoms with van der Waals surface area (Å²) in [5.74, 6) is 9.05. The van der Waals surface area contributed by atoms with Crippen molar-refractivity contribution in [3.8, 4) is 0 Å². The maximum absolute atomic E-state index is 6.15. The van der Waals surface area contributed by atoms with Crippen LogP contribution >= 0.6 is 23.2 Å². The minimum atomic E-state index is 0.430. The molecule has 104 valence electrons. The van der Waals surface area contributed by atoms with Crippen LogP contribution in [0.3, 0.4) is 0 Å². The number of hydrogen-bond acceptors (Lipinski definition) is 4. The van der Waals surface area contributed by atoms with Crippen molar-refractivity contribution in [1.29, 1.82) is 0 Å². The van der Waals surface area contributed by atoms with Crippen molar-refractivity contribution in [2.45, 2.75) is 25.7 Å². The topological polar surface area (TPSA) is 63.0 Å². The van der Waals surface area contributed by atoms with E-state index in [1.807, 2.05) is 0 Å². The molecule has 0 atom stereocenters. The molecule has 2 aliphatic rings. The Labute approximate surface area is 123 Å². The van der Waals surface area contributed by atoms with E-state index in [1.54, 1.807) is 6.07 Å². The van der Waals surface area contributed by atoms with Gasteiger partial charge in [-0.05, 0) is 49.5 Å². The Morgan fingerprint density at radius 3 is 2.26 bits per heavy atom. The number of hydrazine groups is 1. The van der Waals surface area contributed by atoms with Gasteiger partial charge in [0.2, 0.25) is 0 Å². The SMILES string of the molecule is NNc1nc(NCC(C2CC2)C2CC2)c(Cl)cc1Cl. The largest absolute Gasteiger partial charge is 0.368 e. The van der Waals surface area contributed by atoms with E-state index in [1.165, 1.54) is 25.7 Å². The van der Waals surface area contributed by atoms with Crippen LogP contribution in [0.4, 0.5) is 11.6 Å². The molecular formula is C13H18Cl2N4. The normalized spacial score (nSPS) is 18.7. The van der Waals surface area contributed by atoms with Gasteiger partial charge in [-0.2, -0.15) is 0 Å². The fourth-order valence-electron chi connectivity index (χ4n) is 2.67. The molecule has 19 heavy (non-hydrogen) atoms. The number of aromatic nitrogens is 1. The number of pyridine rings is 1. The fraction of sp³-hybridized carbons (Fsp3) is 0.615. The average molecular weight is 301 g/mol. The molecule has 0 spiro atoms. The minimum absolute atomic E-state index is 0.430. The van der Waals surface area contributed by atoms with E-state index in [2.05, 4.69) is 15.7 Å². The molecule has 0 aliphatic heterocycles. The van der Waals surface area contributed by atoms with Gasteiger partial charge in [0, 0.05) is 6.54 Å². The fourth-order valence-corrected chi connectivity index (χ4v) is 3.15. The lowest BCUT2D eigenvalue weighted by molar-refractivity contribution is 0.428. The lowest BCUT2D eigenvalue weighted by atomic mass is 9.98.